The first-order valence-electron chi connectivity index (χ1n) is 11.1. The number of rotatable bonds is 6. The van der Waals surface area contributed by atoms with Crippen LogP contribution in [0.15, 0.2) is 24.3 Å². The molecule has 1 saturated heterocycles. The number of piperidine rings is 1. The molecule has 2 rings (SSSR count). The Morgan fingerprint density at radius 2 is 1.76 bits per heavy atom. The molecule has 0 aliphatic carbocycles. The third-order valence-electron chi connectivity index (χ3n) is 4.53. The Balaban J connectivity index is 0.000000340. The minimum atomic E-state index is -4.51. The molecule has 0 unspecified atom stereocenters. The zero-order valence-corrected chi connectivity index (χ0v) is 20.0. The number of likely N-dealkylation sites (tertiary alicyclic amines) is 1. The van der Waals surface area contributed by atoms with E-state index < -0.39 is 35.7 Å². The molecule has 0 atom stereocenters. The minimum absolute atomic E-state index is 0.180. The molecule has 1 aromatic carbocycles. The van der Waals surface area contributed by atoms with Crippen molar-refractivity contribution in [3.63, 3.8) is 0 Å². The number of benzene rings is 1. The first-order chi connectivity index (χ1) is 15.7. The molecule has 0 saturated carbocycles. The third kappa shape index (κ3) is 11.4. The van der Waals surface area contributed by atoms with E-state index in [2.05, 4.69) is 12.2 Å². The second-order valence-electron chi connectivity index (χ2n) is 8.77. The Hall–Kier alpha value is -2.82. The van der Waals surface area contributed by atoms with Crippen molar-refractivity contribution in [1.29, 1.82) is 0 Å². The van der Waals surface area contributed by atoms with Crippen LogP contribution in [0.4, 0.5) is 18.0 Å². The number of alkyl halides is 3. The van der Waals surface area contributed by atoms with Crippen LogP contribution >= 0.6 is 0 Å². The van der Waals surface area contributed by atoms with E-state index in [-0.39, 0.29) is 11.7 Å². The zero-order chi connectivity index (χ0) is 25.9. The van der Waals surface area contributed by atoms with E-state index in [1.165, 1.54) is 6.07 Å². The predicted octanol–water partition coefficient (Wildman–Crippen LogP) is 3.73. The highest BCUT2D eigenvalue weighted by Crippen LogP contribution is 2.29. The quantitative estimate of drug-likeness (QED) is 0.633. The third-order valence-corrected chi connectivity index (χ3v) is 4.53. The number of carbonyl (C=O) groups is 3. The van der Waals surface area contributed by atoms with Crippen molar-refractivity contribution < 1.29 is 37.0 Å². The summed E-state index contributed by atoms with van der Waals surface area (Å²) < 4.78 is 48.0. The maximum Gasteiger partial charge on any atom is 0.416 e. The first kappa shape index (κ1) is 29.2. The fourth-order valence-corrected chi connectivity index (χ4v) is 2.92. The predicted molar refractivity (Wildman–Crippen MR) is 120 cm³/mol. The average molecular weight is 490 g/mol. The monoisotopic (exact) mass is 489 g/mol. The fraction of sp³-hybridized carbons (Fsp3) is 0.609. The molecule has 1 aliphatic heterocycles. The van der Waals surface area contributed by atoms with Gasteiger partial charge in [-0.25, -0.2) is 4.79 Å². The molecule has 1 heterocycles. The molecule has 1 aromatic rings. The SMILES string of the molecule is CCCOC1CCN(C(=O)OC(C)(C)C)CC1.NC(=O)CNC(=O)c1cccc(C(F)(F)F)c1. The largest absolute Gasteiger partial charge is 0.444 e. The van der Waals surface area contributed by atoms with Crippen LogP contribution in [0.25, 0.3) is 0 Å². The summed E-state index contributed by atoms with van der Waals surface area (Å²) in [4.78, 5) is 35.3. The van der Waals surface area contributed by atoms with Gasteiger partial charge in [0, 0.05) is 25.3 Å². The molecule has 0 radical (unpaired) electrons. The average Bonchev–Trinajstić information content (AvgIpc) is 2.75. The molecule has 1 aliphatic rings. The highest BCUT2D eigenvalue weighted by Gasteiger charge is 2.31. The second-order valence-corrected chi connectivity index (χ2v) is 8.77. The van der Waals surface area contributed by atoms with Crippen LogP contribution in [0.3, 0.4) is 0 Å². The van der Waals surface area contributed by atoms with Gasteiger partial charge in [-0.3, -0.25) is 9.59 Å². The summed E-state index contributed by atoms with van der Waals surface area (Å²) in [6, 6.07) is 3.88. The number of halogens is 3. The minimum Gasteiger partial charge on any atom is -0.444 e. The Bertz CT molecular complexity index is 817. The molecule has 192 valence electrons. The summed E-state index contributed by atoms with van der Waals surface area (Å²) in [5.74, 6) is -1.56. The number of ether oxygens (including phenoxy) is 2. The first-order valence-corrected chi connectivity index (χ1v) is 11.1. The van der Waals surface area contributed by atoms with Gasteiger partial charge in [0.05, 0.1) is 18.2 Å². The Morgan fingerprint density at radius 3 is 2.26 bits per heavy atom. The van der Waals surface area contributed by atoms with Gasteiger partial charge in [0.15, 0.2) is 0 Å². The van der Waals surface area contributed by atoms with E-state index >= 15 is 0 Å². The lowest BCUT2D eigenvalue weighted by Crippen LogP contribution is -2.43. The van der Waals surface area contributed by atoms with Crippen LogP contribution in [0.1, 0.15) is 62.9 Å². The van der Waals surface area contributed by atoms with E-state index in [1.54, 1.807) is 4.90 Å². The van der Waals surface area contributed by atoms with Crippen molar-refractivity contribution in [3.8, 4) is 0 Å². The number of nitrogens with one attached hydrogen (secondary N) is 1. The van der Waals surface area contributed by atoms with Gasteiger partial charge in [-0.2, -0.15) is 13.2 Å². The molecule has 1 fully saturated rings. The van der Waals surface area contributed by atoms with Crippen molar-refractivity contribution in [2.75, 3.05) is 26.2 Å². The molecule has 8 nitrogen and oxygen atoms in total. The number of primary amides is 1. The van der Waals surface area contributed by atoms with Gasteiger partial charge in [-0.1, -0.05) is 13.0 Å². The van der Waals surface area contributed by atoms with E-state index in [0.29, 0.717) is 12.2 Å². The van der Waals surface area contributed by atoms with Crippen LogP contribution in [-0.4, -0.2) is 60.8 Å². The number of carbonyl (C=O) groups excluding carboxylic acids is 3. The molecule has 3 N–H and O–H groups in total. The summed E-state index contributed by atoms with van der Waals surface area (Å²) >= 11 is 0. The molecule has 0 spiro atoms. The van der Waals surface area contributed by atoms with Gasteiger partial charge in [0.2, 0.25) is 5.91 Å². The normalized spacial score (nSPS) is 14.6. The standard InChI is InChI=1S/C13H25NO3.C10H9F3N2O2/c1-5-10-16-11-6-8-14(9-7-11)12(15)17-13(2,3)4;11-10(12,13)7-3-1-2-6(4-7)9(17)15-5-8(14)16/h11H,5-10H2,1-4H3;1-4H,5H2,(H2,14,16)(H,15,17). The van der Waals surface area contributed by atoms with E-state index in [1.807, 2.05) is 20.8 Å². The van der Waals surface area contributed by atoms with Gasteiger partial charge in [-0.05, 0) is 58.2 Å². The van der Waals surface area contributed by atoms with Crippen molar-refractivity contribution in [2.45, 2.75) is 64.8 Å². The van der Waals surface area contributed by atoms with Crippen LogP contribution in [0.5, 0.6) is 0 Å². The molecule has 3 amide bonds. The van der Waals surface area contributed by atoms with E-state index in [9.17, 15) is 27.6 Å². The highest BCUT2D eigenvalue weighted by atomic mass is 19.4. The smallest absolute Gasteiger partial charge is 0.416 e. The summed E-state index contributed by atoms with van der Waals surface area (Å²) in [6.45, 7) is 9.65. The number of amides is 3. The number of hydrogen-bond acceptors (Lipinski definition) is 5. The van der Waals surface area contributed by atoms with Crippen LogP contribution in [-0.2, 0) is 20.4 Å². The van der Waals surface area contributed by atoms with Gasteiger partial charge < -0.3 is 25.4 Å². The van der Waals surface area contributed by atoms with Crippen molar-refractivity contribution in [1.82, 2.24) is 10.2 Å². The molecule has 11 heteroatoms. The van der Waals surface area contributed by atoms with Crippen molar-refractivity contribution in [3.05, 3.63) is 35.4 Å². The topological polar surface area (TPSA) is 111 Å². The van der Waals surface area contributed by atoms with E-state index in [4.69, 9.17) is 15.2 Å². The summed E-state index contributed by atoms with van der Waals surface area (Å²) in [7, 11) is 0. The van der Waals surface area contributed by atoms with Gasteiger partial charge >= 0.3 is 12.3 Å². The highest BCUT2D eigenvalue weighted by molar-refractivity contribution is 5.96. The molecule has 0 aromatic heterocycles. The molecule has 34 heavy (non-hydrogen) atoms. The maximum atomic E-state index is 12.3. The Kier molecular flexibility index (Phi) is 11.3. The number of nitrogens with two attached hydrogens (primary N) is 1. The van der Waals surface area contributed by atoms with Crippen molar-refractivity contribution >= 4 is 17.9 Å². The molecule has 0 bridgehead atoms. The lowest BCUT2D eigenvalue weighted by Gasteiger charge is -2.33. The molecular formula is C23H34F3N3O5. The van der Waals surface area contributed by atoms with Crippen molar-refractivity contribution in [2.24, 2.45) is 5.73 Å². The van der Waals surface area contributed by atoms with Gasteiger partial charge in [0.1, 0.15) is 5.60 Å². The summed E-state index contributed by atoms with van der Waals surface area (Å²) in [5, 5.41) is 2.10. The summed E-state index contributed by atoms with van der Waals surface area (Å²) in [6.07, 6.45) is -1.52. The lowest BCUT2D eigenvalue weighted by atomic mass is 10.1. The van der Waals surface area contributed by atoms with Gasteiger partial charge in [-0.15, -0.1) is 0 Å². The zero-order valence-electron chi connectivity index (χ0n) is 20.0. The van der Waals surface area contributed by atoms with Crippen LogP contribution < -0.4 is 11.1 Å². The Labute approximate surface area is 197 Å². The number of nitrogens with zero attached hydrogens (tertiary/aromatic N) is 1. The second kappa shape index (κ2) is 13.2. The Morgan fingerprint density at radius 1 is 1.15 bits per heavy atom. The summed E-state index contributed by atoms with van der Waals surface area (Å²) in [5.41, 5.74) is 3.27. The van der Waals surface area contributed by atoms with Gasteiger partial charge in [0.25, 0.3) is 5.91 Å². The molecular weight excluding hydrogens is 455 g/mol. The number of hydrogen-bond donors (Lipinski definition) is 2. The van der Waals surface area contributed by atoms with Crippen LogP contribution in [0, 0.1) is 0 Å². The van der Waals surface area contributed by atoms with Crippen LogP contribution in [0.2, 0.25) is 0 Å². The lowest BCUT2D eigenvalue weighted by molar-refractivity contribution is -0.137. The van der Waals surface area contributed by atoms with E-state index in [0.717, 1.165) is 51.1 Å². The fourth-order valence-electron chi connectivity index (χ4n) is 2.92. The maximum absolute atomic E-state index is 12.3.